The van der Waals surface area contributed by atoms with Crippen molar-refractivity contribution in [2.75, 3.05) is 0 Å². The van der Waals surface area contributed by atoms with Crippen LogP contribution in [0.3, 0.4) is 0 Å². The van der Waals surface area contributed by atoms with Crippen molar-refractivity contribution < 1.29 is 8.83 Å². The number of aromatic nitrogens is 1. The van der Waals surface area contributed by atoms with Gasteiger partial charge in [0.15, 0.2) is 5.58 Å². The Labute approximate surface area is 127 Å². The number of hydrogen-bond acceptors (Lipinski definition) is 3. The van der Waals surface area contributed by atoms with E-state index in [2.05, 4.69) is 4.98 Å². The number of fused-ring (bicyclic) bond motifs is 1. The Morgan fingerprint density at radius 1 is 0.864 bits per heavy atom. The molecule has 0 atom stereocenters. The summed E-state index contributed by atoms with van der Waals surface area (Å²) in [7, 11) is 0. The van der Waals surface area contributed by atoms with Crippen LogP contribution in [-0.4, -0.2) is 4.98 Å². The first-order chi connectivity index (χ1) is 10.9. The van der Waals surface area contributed by atoms with Crippen molar-refractivity contribution in [2.45, 2.75) is 0 Å². The highest BCUT2D eigenvalue weighted by Gasteiger charge is 2.07. The van der Waals surface area contributed by atoms with Crippen LogP contribution in [0.1, 0.15) is 11.5 Å². The molecular formula is C19H13NO2. The van der Waals surface area contributed by atoms with Crippen molar-refractivity contribution >= 4 is 23.3 Å². The lowest BCUT2D eigenvalue weighted by Crippen LogP contribution is -1.73. The Balaban J connectivity index is 1.67. The van der Waals surface area contributed by atoms with Gasteiger partial charge < -0.3 is 8.83 Å². The summed E-state index contributed by atoms with van der Waals surface area (Å²) >= 11 is 0. The third-order valence-electron chi connectivity index (χ3n) is 3.43. The van der Waals surface area contributed by atoms with Crippen molar-refractivity contribution in [3.63, 3.8) is 0 Å². The maximum atomic E-state index is 5.79. The lowest BCUT2D eigenvalue weighted by atomic mass is 10.1. The molecule has 0 aliphatic heterocycles. The minimum absolute atomic E-state index is 0.593. The van der Waals surface area contributed by atoms with Gasteiger partial charge in [0.25, 0.3) is 0 Å². The first kappa shape index (κ1) is 12.7. The van der Waals surface area contributed by atoms with E-state index in [0.717, 1.165) is 28.0 Å². The molecule has 0 saturated carbocycles. The molecule has 22 heavy (non-hydrogen) atoms. The third-order valence-corrected chi connectivity index (χ3v) is 3.43. The van der Waals surface area contributed by atoms with Gasteiger partial charge in [-0.1, -0.05) is 30.3 Å². The normalized spacial score (nSPS) is 11.5. The predicted octanol–water partition coefficient (Wildman–Crippen LogP) is 5.26. The molecule has 0 aliphatic carbocycles. The second kappa shape index (κ2) is 5.37. The standard InChI is InChI=1S/C19H13NO2/c1-2-5-14(6-3-1)8-11-19-20-16-10-9-15(13-18(16)22-19)17-7-4-12-21-17/h1-13H. The van der Waals surface area contributed by atoms with Crippen LogP contribution < -0.4 is 0 Å². The molecule has 106 valence electrons. The average Bonchev–Trinajstić information content (AvgIpc) is 3.22. The SMILES string of the molecule is C(=Cc1nc2ccc(-c3ccco3)cc2o1)c1ccccc1. The van der Waals surface area contributed by atoms with Crippen LogP contribution in [0.5, 0.6) is 0 Å². The van der Waals surface area contributed by atoms with Crippen molar-refractivity contribution in [1.82, 2.24) is 4.98 Å². The summed E-state index contributed by atoms with van der Waals surface area (Å²) in [6.45, 7) is 0. The minimum atomic E-state index is 0.593. The molecule has 0 bridgehead atoms. The Morgan fingerprint density at radius 3 is 2.59 bits per heavy atom. The molecule has 0 spiro atoms. The number of nitrogens with zero attached hydrogens (tertiary/aromatic N) is 1. The largest absolute Gasteiger partial charge is 0.464 e. The van der Waals surface area contributed by atoms with Crippen LogP contribution in [0.2, 0.25) is 0 Å². The van der Waals surface area contributed by atoms with Crippen LogP contribution in [0.25, 0.3) is 34.6 Å². The summed E-state index contributed by atoms with van der Waals surface area (Å²) < 4.78 is 11.2. The van der Waals surface area contributed by atoms with Crippen LogP contribution in [0, 0.1) is 0 Å². The second-order valence-corrected chi connectivity index (χ2v) is 4.96. The molecule has 2 aromatic heterocycles. The summed E-state index contributed by atoms with van der Waals surface area (Å²) in [6.07, 6.45) is 5.52. The minimum Gasteiger partial charge on any atom is -0.464 e. The molecule has 0 radical (unpaired) electrons. The number of furan rings is 1. The van der Waals surface area contributed by atoms with Crippen LogP contribution in [0.4, 0.5) is 0 Å². The molecule has 2 heterocycles. The van der Waals surface area contributed by atoms with Gasteiger partial charge in [0.2, 0.25) is 5.89 Å². The monoisotopic (exact) mass is 287 g/mol. The summed E-state index contributed by atoms with van der Waals surface area (Å²) in [5.74, 6) is 1.41. The van der Waals surface area contributed by atoms with Crippen LogP contribution >= 0.6 is 0 Å². The van der Waals surface area contributed by atoms with Crippen molar-refractivity contribution in [3.8, 4) is 11.3 Å². The summed E-state index contributed by atoms with van der Waals surface area (Å²) in [5.41, 5.74) is 3.68. The van der Waals surface area contributed by atoms with Crippen molar-refractivity contribution in [3.05, 3.63) is 78.4 Å². The molecular weight excluding hydrogens is 274 g/mol. The quantitative estimate of drug-likeness (QED) is 0.516. The first-order valence-electron chi connectivity index (χ1n) is 7.06. The van der Waals surface area contributed by atoms with Crippen molar-refractivity contribution in [2.24, 2.45) is 0 Å². The zero-order valence-electron chi connectivity index (χ0n) is 11.8. The van der Waals surface area contributed by atoms with E-state index in [0.29, 0.717) is 5.89 Å². The van der Waals surface area contributed by atoms with Gasteiger partial charge in [-0.2, -0.15) is 0 Å². The molecule has 0 N–H and O–H groups in total. The van der Waals surface area contributed by atoms with Gasteiger partial charge in [0.1, 0.15) is 11.3 Å². The maximum Gasteiger partial charge on any atom is 0.220 e. The zero-order chi connectivity index (χ0) is 14.8. The molecule has 0 aliphatic rings. The van der Waals surface area contributed by atoms with Gasteiger partial charge >= 0.3 is 0 Å². The highest BCUT2D eigenvalue weighted by molar-refractivity contribution is 5.80. The zero-order valence-corrected chi connectivity index (χ0v) is 11.8. The maximum absolute atomic E-state index is 5.79. The van der Waals surface area contributed by atoms with E-state index in [-0.39, 0.29) is 0 Å². The Hall–Kier alpha value is -3.07. The van der Waals surface area contributed by atoms with E-state index in [4.69, 9.17) is 8.83 Å². The first-order valence-corrected chi connectivity index (χ1v) is 7.06. The fraction of sp³-hybridized carbons (Fsp3) is 0. The topological polar surface area (TPSA) is 39.2 Å². The van der Waals surface area contributed by atoms with E-state index >= 15 is 0 Å². The van der Waals surface area contributed by atoms with Gasteiger partial charge in [-0.05, 0) is 42.0 Å². The van der Waals surface area contributed by atoms with Gasteiger partial charge in [-0.25, -0.2) is 4.98 Å². The lowest BCUT2D eigenvalue weighted by molar-refractivity contribution is 0.580. The highest BCUT2D eigenvalue weighted by atomic mass is 16.3. The molecule has 2 aromatic carbocycles. The number of hydrogen-bond donors (Lipinski definition) is 0. The molecule has 0 fully saturated rings. The predicted molar refractivity (Wildman–Crippen MR) is 87.1 cm³/mol. The molecule has 0 unspecified atom stereocenters. The number of rotatable bonds is 3. The van der Waals surface area contributed by atoms with Gasteiger partial charge in [0.05, 0.1) is 6.26 Å². The Kier molecular flexibility index (Phi) is 3.09. The van der Waals surface area contributed by atoms with E-state index in [1.807, 2.05) is 72.8 Å². The molecule has 4 rings (SSSR count). The Morgan fingerprint density at radius 2 is 1.77 bits per heavy atom. The van der Waals surface area contributed by atoms with Gasteiger partial charge in [0, 0.05) is 11.6 Å². The fourth-order valence-corrected chi connectivity index (χ4v) is 2.34. The Bertz CT molecular complexity index is 919. The molecule has 0 amide bonds. The van der Waals surface area contributed by atoms with E-state index in [1.54, 1.807) is 6.26 Å². The average molecular weight is 287 g/mol. The molecule has 0 saturated heterocycles. The second-order valence-electron chi connectivity index (χ2n) is 4.96. The van der Waals surface area contributed by atoms with Gasteiger partial charge in [-0.15, -0.1) is 0 Å². The van der Waals surface area contributed by atoms with E-state index < -0.39 is 0 Å². The number of oxazole rings is 1. The fourth-order valence-electron chi connectivity index (χ4n) is 2.34. The van der Waals surface area contributed by atoms with Crippen LogP contribution in [-0.2, 0) is 0 Å². The van der Waals surface area contributed by atoms with Gasteiger partial charge in [-0.3, -0.25) is 0 Å². The molecule has 3 heteroatoms. The lowest BCUT2D eigenvalue weighted by Gasteiger charge is -1.94. The number of benzene rings is 2. The smallest absolute Gasteiger partial charge is 0.220 e. The van der Waals surface area contributed by atoms with E-state index in [1.165, 1.54) is 0 Å². The third kappa shape index (κ3) is 2.44. The molecule has 3 nitrogen and oxygen atoms in total. The molecule has 4 aromatic rings. The highest BCUT2D eigenvalue weighted by Crippen LogP contribution is 2.25. The van der Waals surface area contributed by atoms with E-state index in [9.17, 15) is 0 Å². The van der Waals surface area contributed by atoms with Crippen molar-refractivity contribution in [1.29, 1.82) is 0 Å². The van der Waals surface area contributed by atoms with Crippen LogP contribution in [0.15, 0.2) is 75.8 Å². The summed E-state index contributed by atoms with van der Waals surface area (Å²) in [6, 6.07) is 19.7. The summed E-state index contributed by atoms with van der Waals surface area (Å²) in [4.78, 5) is 4.47. The summed E-state index contributed by atoms with van der Waals surface area (Å²) in [5, 5.41) is 0.